The minimum atomic E-state index is -3.25. The molecule has 0 saturated heterocycles. The Hall–Kier alpha value is -1.11. The highest BCUT2D eigenvalue weighted by Gasteiger charge is 2.26. The summed E-state index contributed by atoms with van der Waals surface area (Å²) in [5, 5.41) is 0. The van der Waals surface area contributed by atoms with Crippen LogP contribution < -0.4 is 10.5 Å². The Morgan fingerprint density at radius 2 is 2.26 bits per heavy atom. The summed E-state index contributed by atoms with van der Waals surface area (Å²) in [5.74, 6) is 0.0989. The molecule has 0 spiro atoms. The van der Waals surface area contributed by atoms with E-state index in [-0.39, 0.29) is 11.8 Å². The Morgan fingerprint density at radius 1 is 1.47 bits per heavy atom. The van der Waals surface area contributed by atoms with Crippen molar-refractivity contribution >= 4 is 15.7 Å². The van der Waals surface area contributed by atoms with Gasteiger partial charge in [-0.25, -0.2) is 13.1 Å². The van der Waals surface area contributed by atoms with Gasteiger partial charge in [-0.2, -0.15) is 0 Å². The smallest absolute Gasteiger partial charge is 0.212 e. The summed E-state index contributed by atoms with van der Waals surface area (Å²) in [6.45, 7) is 0.457. The van der Waals surface area contributed by atoms with Gasteiger partial charge in [0.25, 0.3) is 0 Å². The molecule has 0 saturated carbocycles. The summed E-state index contributed by atoms with van der Waals surface area (Å²) in [5.41, 5.74) is 8.65. The van der Waals surface area contributed by atoms with E-state index >= 15 is 0 Å². The van der Waals surface area contributed by atoms with Crippen LogP contribution in [0.1, 0.15) is 30.0 Å². The fraction of sp³-hybridized carbons (Fsp3) is 0.538. The molecule has 0 aromatic heterocycles. The Morgan fingerprint density at radius 3 is 3.00 bits per heavy atom. The topological polar surface area (TPSA) is 81.4 Å². The molecule has 1 aromatic rings. The second-order valence-corrected chi connectivity index (χ2v) is 6.71. The van der Waals surface area contributed by atoms with Crippen LogP contribution in [0, 0.1) is 0 Å². The lowest BCUT2D eigenvalue weighted by Crippen LogP contribution is -2.30. The first-order valence-corrected chi connectivity index (χ1v) is 8.04. The lowest BCUT2D eigenvalue weighted by atomic mass is 10.1. The fourth-order valence-electron chi connectivity index (χ4n) is 2.43. The third-order valence-corrected chi connectivity index (χ3v) is 4.80. The highest BCUT2D eigenvalue weighted by atomic mass is 32.2. The standard InChI is InChI=1S/C13H20N2O3S/c1-18-7-2-8-19(16,17)15-13-6-3-10-9-11(14)4-5-12(10)13/h4-5,9,13,15H,2-3,6-8,14H2,1H3. The van der Waals surface area contributed by atoms with Crippen LogP contribution in [-0.2, 0) is 21.2 Å². The molecule has 2 rings (SSSR count). The first kappa shape index (κ1) is 14.3. The van der Waals surface area contributed by atoms with Gasteiger partial charge in [-0.1, -0.05) is 6.07 Å². The summed E-state index contributed by atoms with van der Waals surface area (Å²) in [6, 6.07) is 5.54. The van der Waals surface area contributed by atoms with Gasteiger partial charge >= 0.3 is 0 Å². The van der Waals surface area contributed by atoms with Gasteiger partial charge in [0, 0.05) is 25.4 Å². The average Bonchev–Trinajstić information content (AvgIpc) is 2.71. The van der Waals surface area contributed by atoms with Crippen LogP contribution >= 0.6 is 0 Å². The Balaban J connectivity index is 2.02. The molecule has 3 N–H and O–H groups in total. The number of sulfonamides is 1. The quantitative estimate of drug-likeness (QED) is 0.608. The van der Waals surface area contributed by atoms with Crippen molar-refractivity contribution in [2.45, 2.75) is 25.3 Å². The normalized spacial score (nSPS) is 18.5. The number of benzene rings is 1. The third kappa shape index (κ3) is 3.68. The van der Waals surface area contributed by atoms with Crippen molar-refractivity contribution in [1.29, 1.82) is 0 Å². The van der Waals surface area contributed by atoms with Gasteiger partial charge < -0.3 is 10.5 Å². The SMILES string of the molecule is COCCCS(=O)(=O)NC1CCc2cc(N)ccc21. The van der Waals surface area contributed by atoms with Crippen molar-refractivity contribution in [3.63, 3.8) is 0 Å². The monoisotopic (exact) mass is 284 g/mol. The fourth-order valence-corrected chi connectivity index (χ4v) is 3.72. The number of ether oxygens (including phenoxy) is 1. The lowest BCUT2D eigenvalue weighted by Gasteiger charge is -2.14. The zero-order valence-electron chi connectivity index (χ0n) is 11.1. The Kier molecular flexibility index (Phi) is 4.44. The van der Waals surface area contributed by atoms with E-state index in [4.69, 9.17) is 10.5 Å². The number of nitrogens with two attached hydrogens (primary N) is 1. The van der Waals surface area contributed by atoms with Gasteiger partial charge in [0.1, 0.15) is 0 Å². The molecule has 1 unspecified atom stereocenters. The van der Waals surface area contributed by atoms with Crippen LogP contribution in [0.4, 0.5) is 5.69 Å². The number of nitrogen functional groups attached to an aromatic ring is 1. The van der Waals surface area contributed by atoms with E-state index < -0.39 is 10.0 Å². The number of hydrogen-bond acceptors (Lipinski definition) is 4. The average molecular weight is 284 g/mol. The van der Waals surface area contributed by atoms with E-state index in [1.807, 2.05) is 18.2 Å². The highest BCUT2D eigenvalue weighted by Crippen LogP contribution is 2.32. The molecule has 1 atom stereocenters. The molecule has 0 aliphatic heterocycles. The largest absolute Gasteiger partial charge is 0.399 e. The molecule has 0 radical (unpaired) electrons. The number of nitrogens with one attached hydrogen (secondary N) is 1. The van der Waals surface area contributed by atoms with Crippen LogP contribution in [0.2, 0.25) is 0 Å². The molecular weight excluding hydrogens is 264 g/mol. The third-order valence-electron chi connectivity index (χ3n) is 3.33. The number of aryl methyl sites for hydroxylation is 1. The Bertz CT molecular complexity index is 543. The van der Waals surface area contributed by atoms with Crippen molar-refractivity contribution in [1.82, 2.24) is 4.72 Å². The van der Waals surface area contributed by atoms with Gasteiger partial charge in [0.2, 0.25) is 10.0 Å². The maximum absolute atomic E-state index is 11.9. The zero-order valence-corrected chi connectivity index (χ0v) is 11.9. The lowest BCUT2D eigenvalue weighted by molar-refractivity contribution is 0.199. The van der Waals surface area contributed by atoms with Crippen molar-refractivity contribution < 1.29 is 13.2 Å². The molecule has 1 aliphatic rings. The maximum Gasteiger partial charge on any atom is 0.212 e. The predicted molar refractivity (Wildman–Crippen MR) is 75.3 cm³/mol. The van der Waals surface area contributed by atoms with Crippen LogP contribution in [0.25, 0.3) is 0 Å². The van der Waals surface area contributed by atoms with Crippen molar-refractivity contribution in [2.75, 3.05) is 25.2 Å². The first-order valence-electron chi connectivity index (χ1n) is 6.39. The summed E-state index contributed by atoms with van der Waals surface area (Å²) in [6.07, 6.45) is 2.17. The van der Waals surface area contributed by atoms with E-state index in [0.29, 0.717) is 13.0 Å². The number of rotatable bonds is 6. The van der Waals surface area contributed by atoms with Crippen molar-refractivity contribution in [3.8, 4) is 0 Å². The molecule has 0 heterocycles. The highest BCUT2D eigenvalue weighted by molar-refractivity contribution is 7.89. The summed E-state index contributed by atoms with van der Waals surface area (Å²) >= 11 is 0. The minimum absolute atomic E-state index is 0.0989. The summed E-state index contributed by atoms with van der Waals surface area (Å²) in [7, 11) is -1.68. The Labute approximate surface area is 114 Å². The molecule has 106 valence electrons. The zero-order chi connectivity index (χ0) is 13.9. The minimum Gasteiger partial charge on any atom is -0.399 e. The number of anilines is 1. The molecule has 1 aromatic carbocycles. The molecule has 5 nitrogen and oxygen atoms in total. The number of methoxy groups -OCH3 is 1. The van der Waals surface area contributed by atoms with E-state index in [1.54, 1.807) is 7.11 Å². The van der Waals surface area contributed by atoms with Crippen LogP contribution in [-0.4, -0.2) is 27.9 Å². The van der Waals surface area contributed by atoms with E-state index in [0.717, 1.165) is 29.7 Å². The summed E-state index contributed by atoms with van der Waals surface area (Å²) in [4.78, 5) is 0. The second-order valence-electron chi connectivity index (χ2n) is 4.83. The van der Waals surface area contributed by atoms with Gasteiger partial charge in [-0.05, 0) is 42.5 Å². The molecule has 0 bridgehead atoms. The molecule has 6 heteroatoms. The number of fused-ring (bicyclic) bond motifs is 1. The van der Waals surface area contributed by atoms with Crippen LogP contribution in [0.5, 0.6) is 0 Å². The number of hydrogen-bond donors (Lipinski definition) is 2. The molecular formula is C13H20N2O3S. The van der Waals surface area contributed by atoms with Gasteiger partial charge in [0.15, 0.2) is 0 Å². The maximum atomic E-state index is 11.9. The molecule has 0 fully saturated rings. The molecule has 1 aliphatic carbocycles. The predicted octanol–water partition coefficient (Wildman–Crippen LogP) is 1.21. The molecule has 0 amide bonds. The van der Waals surface area contributed by atoms with E-state index in [2.05, 4.69) is 4.72 Å². The van der Waals surface area contributed by atoms with E-state index in [1.165, 1.54) is 0 Å². The van der Waals surface area contributed by atoms with Gasteiger partial charge in [-0.15, -0.1) is 0 Å². The van der Waals surface area contributed by atoms with Gasteiger partial charge in [-0.3, -0.25) is 0 Å². The second kappa shape index (κ2) is 5.90. The van der Waals surface area contributed by atoms with Crippen LogP contribution in [0.3, 0.4) is 0 Å². The van der Waals surface area contributed by atoms with E-state index in [9.17, 15) is 8.42 Å². The summed E-state index contributed by atoms with van der Waals surface area (Å²) < 4.78 is 31.5. The van der Waals surface area contributed by atoms with Crippen LogP contribution in [0.15, 0.2) is 18.2 Å². The first-order chi connectivity index (χ1) is 9.02. The molecule has 19 heavy (non-hydrogen) atoms. The van der Waals surface area contributed by atoms with Gasteiger partial charge in [0.05, 0.1) is 5.75 Å². The van der Waals surface area contributed by atoms with Crippen molar-refractivity contribution in [2.24, 2.45) is 0 Å². The van der Waals surface area contributed by atoms with Crippen molar-refractivity contribution in [3.05, 3.63) is 29.3 Å².